The second kappa shape index (κ2) is 7.13. The van der Waals surface area contributed by atoms with Crippen molar-refractivity contribution in [2.75, 3.05) is 17.8 Å². The Labute approximate surface area is 156 Å². The molecule has 8 heteroatoms. The number of rotatable bonds is 4. The largest absolute Gasteiger partial charge is 0.403 e. The van der Waals surface area contributed by atoms with Gasteiger partial charge in [0, 0.05) is 13.1 Å². The van der Waals surface area contributed by atoms with Crippen LogP contribution in [0.5, 0.6) is 0 Å². The molecule has 0 spiro atoms. The number of para-hydroxylation sites is 2. The predicted octanol–water partition coefficient (Wildman–Crippen LogP) is 3.00. The topological polar surface area (TPSA) is 92.5 Å². The highest BCUT2D eigenvalue weighted by Crippen LogP contribution is 2.28. The van der Waals surface area contributed by atoms with Crippen LogP contribution in [-0.2, 0) is 10.2 Å². The molecule has 0 amide bonds. The van der Waals surface area contributed by atoms with Crippen molar-refractivity contribution in [3.63, 3.8) is 0 Å². The molecular formula is C19H19N3O4S. The van der Waals surface area contributed by atoms with Gasteiger partial charge in [0.05, 0.1) is 22.2 Å². The van der Waals surface area contributed by atoms with Gasteiger partial charge in [-0.2, -0.15) is 12.7 Å². The SMILES string of the molecule is O=c1oc(-c2ccccc2NS(=O)(=O)N2CCCCC2)nc2ccccc12. The van der Waals surface area contributed by atoms with Crippen molar-refractivity contribution in [2.45, 2.75) is 19.3 Å². The summed E-state index contributed by atoms with van der Waals surface area (Å²) in [7, 11) is -3.68. The summed E-state index contributed by atoms with van der Waals surface area (Å²) in [5, 5.41) is 0.382. The average molecular weight is 385 g/mol. The maximum absolute atomic E-state index is 12.7. The van der Waals surface area contributed by atoms with Gasteiger partial charge in [-0.3, -0.25) is 4.72 Å². The fourth-order valence-electron chi connectivity index (χ4n) is 3.20. The van der Waals surface area contributed by atoms with Crippen molar-refractivity contribution < 1.29 is 12.8 Å². The molecule has 3 aromatic rings. The van der Waals surface area contributed by atoms with E-state index in [0.29, 0.717) is 35.2 Å². The summed E-state index contributed by atoms with van der Waals surface area (Å²) in [6, 6.07) is 13.6. The van der Waals surface area contributed by atoms with Crippen LogP contribution in [0.4, 0.5) is 5.69 Å². The van der Waals surface area contributed by atoms with Gasteiger partial charge in [-0.25, -0.2) is 9.78 Å². The lowest BCUT2D eigenvalue weighted by atomic mass is 10.1. The number of benzene rings is 2. The molecule has 1 aromatic heterocycles. The van der Waals surface area contributed by atoms with E-state index in [-0.39, 0.29) is 5.89 Å². The van der Waals surface area contributed by atoms with Crippen molar-refractivity contribution in [3.05, 3.63) is 59.0 Å². The molecule has 0 unspecified atom stereocenters. The van der Waals surface area contributed by atoms with Crippen LogP contribution in [0.25, 0.3) is 22.4 Å². The van der Waals surface area contributed by atoms with E-state index in [4.69, 9.17) is 4.42 Å². The van der Waals surface area contributed by atoms with Gasteiger partial charge in [-0.1, -0.05) is 30.7 Å². The first kappa shape index (κ1) is 17.7. The molecule has 7 nitrogen and oxygen atoms in total. The molecule has 1 saturated heterocycles. The van der Waals surface area contributed by atoms with Crippen LogP contribution in [0.1, 0.15) is 19.3 Å². The van der Waals surface area contributed by atoms with E-state index in [1.807, 2.05) is 0 Å². The fourth-order valence-corrected chi connectivity index (χ4v) is 4.53. The molecular weight excluding hydrogens is 366 g/mol. The molecule has 0 bridgehead atoms. The molecule has 2 heterocycles. The first-order chi connectivity index (χ1) is 13.0. The number of anilines is 1. The number of nitrogens with one attached hydrogen (secondary N) is 1. The quantitative estimate of drug-likeness (QED) is 0.745. The maximum Gasteiger partial charge on any atom is 0.347 e. The summed E-state index contributed by atoms with van der Waals surface area (Å²) in [4.78, 5) is 16.7. The normalized spacial score (nSPS) is 15.7. The Morgan fingerprint density at radius 2 is 1.67 bits per heavy atom. The van der Waals surface area contributed by atoms with Crippen molar-refractivity contribution in [3.8, 4) is 11.5 Å². The Bertz CT molecular complexity index is 1130. The second-order valence-electron chi connectivity index (χ2n) is 6.44. The van der Waals surface area contributed by atoms with Gasteiger partial charge in [-0.15, -0.1) is 0 Å². The molecule has 0 radical (unpaired) electrons. The summed E-state index contributed by atoms with van der Waals surface area (Å²) in [5.41, 5.74) is 0.733. The average Bonchev–Trinajstić information content (AvgIpc) is 2.69. The van der Waals surface area contributed by atoms with Crippen LogP contribution in [0.3, 0.4) is 0 Å². The summed E-state index contributed by atoms with van der Waals surface area (Å²) in [6.07, 6.45) is 2.74. The molecule has 0 saturated carbocycles. The first-order valence-electron chi connectivity index (χ1n) is 8.82. The molecule has 4 rings (SSSR count). The number of piperidine rings is 1. The van der Waals surface area contributed by atoms with Gasteiger partial charge in [-0.05, 0) is 37.1 Å². The zero-order valence-electron chi connectivity index (χ0n) is 14.6. The Morgan fingerprint density at radius 1 is 0.963 bits per heavy atom. The number of hydrogen-bond acceptors (Lipinski definition) is 5. The minimum Gasteiger partial charge on any atom is -0.403 e. The first-order valence-corrected chi connectivity index (χ1v) is 10.3. The fraction of sp³-hybridized carbons (Fsp3) is 0.263. The number of hydrogen-bond donors (Lipinski definition) is 1. The summed E-state index contributed by atoms with van der Waals surface area (Å²) in [6.45, 7) is 1.00. The summed E-state index contributed by atoms with van der Waals surface area (Å²) < 4.78 is 34.9. The molecule has 1 fully saturated rings. The van der Waals surface area contributed by atoms with Crippen molar-refractivity contribution in [1.29, 1.82) is 0 Å². The molecule has 1 N–H and O–H groups in total. The zero-order valence-corrected chi connectivity index (χ0v) is 15.4. The third-order valence-corrected chi connectivity index (χ3v) is 6.11. The molecule has 140 valence electrons. The van der Waals surface area contributed by atoms with Gasteiger partial charge in [0.1, 0.15) is 0 Å². The molecule has 1 aliphatic rings. The highest BCUT2D eigenvalue weighted by Gasteiger charge is 2.25. The van der Waals surface area contributed by atoms with Crippen LogP contribution in [0.2, 0.25) is 0 Å². The van der Waals surface area contributed by atoms with Crippen molar-refractivity contribution >= 4 is 26.8 Å². The number of nitrogens with zero attached hydrogens (tertiary/aromatic N) is 2. The highest BCUT2D eigenvalue weighted by molar-refractivity contribution is 7.90. The van der Waals surface area contributed by atoms with E-state index < -0.39 is 15.8 Å². The van der Waals surface area contributed by atoms with Crippen molar-refractivity contribution in [1.82, 2.24) is 9.29 Å². The Balaban J connectivity index is 1.75. The van der Waals surface area contributed by atoms with E-state index in [1.54, 1.807) is 48.5 Å². The second-order valence-corrected chi connectivity index (χ2v) is 8.11. The Kier molecular flexibility index (Phi) is 4.67. The van der Waals surface area contributed by atoms with E-state index in [0.717, 1.165) is 19.3 Å². The zero-order chi connectivity index (χ0) is 18.9. The van der Waals surface area contributed by atoms with E-state index in [2.05, 4.69) is 9.71 Å². The molecule has 0 aliphatic carbocycles. The van der Waals surface area contributed by atoms with Gasteiger partial charge in [0.15, 0.2) is 0 Å². The van der Waals surface area contributed by atoms with E-state index >= 15 is 0 Å². The monoisotopic (exact) mass is 385 g/mol. The third kappa shape index (κ3) is 3.58. The number of aromatic nitrogens is 1. The lowest BCUT2D eigenvalue weighted by Crippen LogP contribution is -2.39. The van der Waals surface area contributed by atoms with Crippen molar-refractivity contribution in [2.24, 2.45) is 0 Å². The van der Waals surface area contributed by atoms with Gasteiger partial charge in [0.25, 0.3) is 0 Å². The minimum absolute atomic E-state index is 0.0793. The summed E-state index contributed by atoms with van der Waals surface area (Å²) in [5.74, 6) is 0.0793. The lowest BCUT2D eigenvalue weighted by Gasteiger charge is -2.26. The van der Waals surface area contributed by atoms with Gasteiger partial charge < -0.3 is 4.42 Å². The van der Waals surface area contributed by atoms with Crippen LogP contribution >= 0.6 is 0 Å². The van der Waals surface area contributed by atoms with Crippen LogP contribution < -0.4 is 10.3 Å². The summed E-state index contributed by atoms with van der Waals surface area (Å²) >= 11 is 0. The molecule has 0 atom stereocenters. The molecule has 27 heavy (non-hydrogen) atoms. The van der Waals surface area contributed by atoms with Gasteiger partial charge in [0.2, 0.25) is 5.89 Å². The molecule has 2 aromatic carbocycles. The maximum atomic E-state index is 12.7. The van der Waals surface area contributed by atoms with E-state index in [9.17, 15) is 13.2 Å². The Hall–Kier alpha value is -2.71. The third-order valence-electron chi connectivity index (χ3n) is 4.59. The van der Waals surface area contributed by atoms with E-state index in [1.165, 1.54) is 4.31 Å². The molecule has 1 aliphatic heterocycles. The minimum atomic E-state index is -3.68. The lowest BCUT2D eigenvalue weighted by molar-refractivity contribution is 0.349. The number of fused-ring (bicyclic) bond motifs is 1. The predicted molar refractivity (Wildman–Crippen MR) is 104 cm³/mol. The highest BCUT2D eigenvalue weighted by atomic mass is 32.2. The Morgan fingerprint density at radius 3 is 2.48 bits per heavy atom. The van der Waals surface area contributed by atoms with Crippen LogP contribution in [0, 0.1) is 0 Å². The van der Waals surface area contributed by atoms with Gasteiger partial charge >= 0.3 is 15.8 Å². The van der Waals surface area contributed by atoms with Crippen LogP contribution in [0.15, 0.2) is 57.7 Å². The van der Waals surface area contributed by atoms with Crippen LogP contribution in [-0.4, -0.2) is 30.8 Å². The standard InChI is InChI=1S/C19H19N3O4S/c23-19-15-9-3-4-10-16(15)20-18(26-19)14-8-2-5-11-17(14)21-27(24,25)22-12-6-1-7-13-22/h2-5,8-11,21H,1,6-7,12-13H2. The smallest absolute Gasteiger partial charge is 0.347 e.